The third kappa shape index (κ3) is 4.22. The van der Waals surface area contributed by atoms with Crippen LogP contribution >= 0.6 is 0 Å². The van der Waals surface area contributed by atoms with Crippen molar-refractivity contribution in [3.8, 4) is 11.6 Å². The molecule has 1 heterocycles. The average Bonchev–Trinajstić information content (AvgIpc) is 2.68. The molecule has 0 unspecified atom stereocenters. The van der Waals surface area contributed by atoms with Crippen molar-refractivity contribution in [1.82, 2.24) is 15.1 Å². The van der Waals surface area contributed by atoms with Gasteiger partial charge in [0.05, 0.1) is 18.4 Å². The van der Waals surface area contributed by atoms with Crippen LogP contribution in [0.3, 0.4) is 0 Å². The molecular formula is C20H17F2N3O3. The van der Waals surface area contributed by atoms with E-state index in [1.54, 1.807) is 31.2 Å². The predicted octanol–water partition coefficient (Wildman–Crippen LogP) is 2.84. The van der Waals surface area contributed by atoms with E-state index in [9.17, 15) is 18.4 Å². The van der Waals surface area contributed by atoms with E-state index in [1.807, 2.05) is 6.07 Å². The predicted molar refractivity (Wildman–Crippen MR) is 98.5 cm³/mol. The minimum absolute atomic E-state index is 0.0871. The molecule has 0 aliphatic heterocycles. The third-order valence-electron chi connectivity index (χ3n) is 3.86. The van der Waals surface area contributed by atoms with E-state index < -0.39 is 23.0 Å². The lowest BCUT2D eigenvalue weighted by Gasteiger charge is -2.13. The summed E-state index contributed by atoms with van der Waals surface area (Å²) in [6.07, 6.45) is 0. The highest BCUT2D eigenvalue weighted by Crippen LogP contribution is 2.15. The number of aromatic nitrogens is 2. The molecule has 1 aromatic heterocycles. The summed E-state index contributed by atoms with van der Waals surface area (Å²) in [5, 5.41) is 6.55. The van der Waals surface area contributed by atoms with E-state index in [2.05, 4.69) is 10.4 Å². The molecule has 28 heavy (non-hydrogen) atoms. The van der Waals surface area contributed by atoms with Crippen LogP contribution in [0.1, 0.15) is 23.0 Å². The SMILES string of the molecule is CCOc1cc(=O)c(C(=O)NCc2ccc(F)cc2F)nn1-c1ccccc1. The fourth-order valence-corrected chi connectivity index (χ4v) is 2.53. The summed E-state index contributed by atoms with van der Waals surface area (Å²) < 4.78 is 33.5. The Morgan fingerprint density at radius 3 is 2.57 bits per heavy atom. The molecule has 3 rings (SSSR count). The highest BCUT2D eigenvalue weighted by atomic mass is 19.1. The number of nitrogens with zero attached hydrogens (tertiary/aromatic N) is 2. The molecule has 2 aromatic carbocycles. The summed E-state index contributed by atoms with van der Waals surface area (Å²) in [5.41, 5.74) is -0.309. The fourth-order valence-electron chi connectivity index (χ4n) is 2.53. The van der Waals surface area contributed by atoms with Gasteiger partial charge < -0.3 is 10.1 Å². The van der Waals surface area contributed by atoms with Crippen molar-refractivity contribution in [2.75, 3.05) is 6.61 Å². The lowest BCUT2D eigenvalue weighted by atomic mass is 10.2. The average molecular weight is 385 g/mol. The normalized spacial score (nSPS) is 10.5. The number of amides is 1. The molecule has 1 N–H and O–H groups in total. The molecule has 0 bridgehead atoms. The molecule has 6 nitrogen and oxygen atoms in total. The third-order valence-corrected chi connectivity index (χ3v) is 3.86. The summed E-state index contributed by atoms with van der Waals surface area (Å²) in [5.74, 6) is -2.09. The molecule has 144 valence electrons. The number of halogens is 2. The van der Waals surface area contributed by atoms with Gasteiger partial charge in [0.2, 0.25) is 11.3 Å². The van der Waals surface area contributed by atoms with E-state index in [4.69, 9.17) is 4.74 Å². The van der Waals surface area contributed by atoms with E-state index in [1.165, 1.54) is 16.8 Å². The minimum atomic E-state index is -0.790. The molecule has 0 saturated heterocycles. The molecule has 0 saturated carbocycles. The van der Waals surface area contributed by atoms with Gasteiger partial charge in [0.15, 0.2) is 5.69 Å². The van der Waals surface area contributed by atoms with Crippen LogP contribution in [0.4, 0.5) is 8.78 Å². The highest BCUT2D eigenvalue weighted by molar-refractivity contribution is 5.92. The lowest BCUT2D eigenvalue weighted by Crippen LogP contribution is -2.31. The maximum Gasteiger partial charge on any atom is 0.276 e. The monoisotopic (exact) mass is 385 g/mol. The summed E-state index contributed by atoms with van der Waals surface area (Å²) in [7, 11) is 0. The number of benzene rings is 2. The Hall–Kier alpha value is -3.55. The van der Waals surface area contributed by atoms with Crippen molar-refractivity contribution in [2.45, 2.75) is 13.5 Å². The van der Waals surface area contributed by atoms with Crippen LogP contribution < -0.4 is 15.5 Å². The second kappa shape index (κ2) is 8.43. The Morgan fingerprint density at radius 2 is 1.89 bits per heavy atom. The zero-order chi connectivity index (χ0) is 20.1. The molecule has 0 aliphatic carbocycles. The molecule has 8 heteroatoms. The Balaban J connectivity index is 1.90. The van der Waals surface area contributed by atoms with Crippen molar-refractivity contribution < 1.29 is 18.3 Å². The molecule has 0 atom stereocenters. The number of para-hydroxylation sites is 1. The van der Waals surface area contributed by atoms with Crippen molar-refractivity contribution in [3.05, 3.63) is 87.7 Å². The first-order valence-corrected chi connectivity index (χ1v) is 8.54. The zero-order valence-corrected chi connectivity index (χ0v) is 15.0. The zero-order valence-electron chi connectivity index (χ0n) is 15.0. The molecule has 0 fully saturated rings. The quantitative estimate of drug-likeness (QED) is 0.708. The number of hydrogen-bond donors (Lipinski definition) is 1. The van der Waals surface area contributed by atoms with Gasteiger partial charge in [-0.2, -0.15) is 5.10 Å². The van der Waals surface area contributed by atoms with Crippen LogP contribution in [0.2, 0.25) is 0 Å². The number of ether oxygens (including phenoxy) is 1. The first kappa shape index (κ1) is 19.2. The molecule has 1 amide bonds. The summed E-state index contributed by atoms with van der Waals surface area (Å²) in [6.45, 7) is 1.85. The summed E-state index contributed by atoms with van der Waals surface area (Å²) in [4.78, 5) is 24.8. The van der Waals surface area contributed by atoms with E-state index in [-0.39, 0.29) is 23.7 Å². The molecule has 0 radical (unpaired) electrons. The Kier molecular flexibility index (Phi) is 5.78. The summed E-state index contributed by atoms with van der Waals surface area (Å²) >= 11 is 0. The van der Waals surface area contributed by atoms with Gasteiger partial charge in [-0.1, -0.05) is 24.3 Å². The topological polar surface area (TPSA) is 73.2 Å². The largest absolute Gasteiger partial charge is 0.478 e. The van der Waals surface area contributed by atoms with Gasteiger partial charge in [-0.3, -0.25) is 9.59 Å². The first-order valence-electron chi connectivity index (χ1n) is 8.54. The molecular weight excluding hydrogens is 368 g/mol. The van der Waals surface area contributed by atoms with Crippen molar-refractivity contribution in [2.24, 2.45) is 0 Å². The van der Waals surface area contributed by atoms with E-state index in [0.717, 1.165) is 12.1 Å². The van der Waals surface area contributed by atoms with Crippen molar-refractivity contribution in [3.63, 3.8) is 0 Å². The van der Waals surface area contributed by atoms with Crippen LogP contribution in [-0.2, 0) is 6.54 Å². The van der Waals surface area contributed by atoms with E-state index in [0.29, 0.717) is 12.3 Å². The van der Waals surface area contributed by atoms with Crippen LogP contribution in [-0.4, -0.2) is 22.3 Å². The second-order valence-electron chi connectivity index (χ2n) is 5.79. The van der Waals surface area contributed by atoms with Gasteiger partial charge >= 0.3 is 0 Å². The fraction of sp³-hybridized carbons (Fsp3) is 0.150. The Bertz CT molecular complexity index is 1050. The van der Waals surface area contributed by atoms with Crippen LogP contribution in [0, 0.1) is 11.6 Å². The van der Waals surface area contributed by atoms with Crippen LogP contribution in [0.25, 0.3) is 5.69 Å². The molecule has 0 aliphatic rings. The van der Waals surface area contributed by atoms with Gasteiger partial charge in [-0.25, -0.2) is 13.5 Å². The minimum Gasteiger partial charge on any atom is -0.478 e. The standard InChI is InChI=1S/C20H17F2N3O3/c1-2-28-18-11-17(26)19(24-25(18)15-6-4-3-5-7-15)20(27)23-12-13-8-9-14(21)10-16(13)22/h3-11H,2,12H2,1H3,(H,23,27). The number of nitrogens with one attached hydrogen (secondary N) is 1. The van der Waals surface area contributed by atoms with Gasteiger partial charge in [0, 0.05) is 18.2 Å². The van der Waals surface area contributed by atoms with Crippen LogP contribution in [0.5, 0.6) is 5.88 Å². The number of rotatable bonds is 6. The summed E-state index contributed by atoms with van der Waals surface area (Å²) in [6, 6.07) is 13.1. The van der Waals surface area contributed by atoms with E-state index >= 15 is 0 Å². The Morgan fingerprint density at radius 1 is 1.14 bits per heavy atom. The van der Waals surface area contributed by atoms with Gasteiger partial charge in [0.1, 0.15) is 11.6 Å². The maximum atomic E-state index is 13.7. The van der Waals surface area contributed by atoms with Gasteiger partial charge in [0.25, 0.3) is 5.91 Å². The first-order chi connectivity index (χ1) is 13.5. The van der Waals surface area contributed by atoms with Crippen LogP contribution in [0.15, 0.2) is 59.4 Å². The van der Waals surface area contributed by atoms with Crippen molar-refractivity contribution in [1.29, 1.82) is 0 Å². The molecule has 0 spiro atoms. The highest BCUT2D eigenvalue weighted by Gasteiger charge is 2.17. The molecule has 3 aromatic rings. The number of carbonyl (C=O) groups excluding carboxylic acids is 1. The Labute approximate surface area is 159 Å². The number of carbonyl (C=O) groups is 1. The van der Waals surface area contributed by atoms with Gasteiger partial charge in [-0.05, 0) is 25.1 Å². The van der Waals surface area contributed by atoms with Gasteiger partial charge in [-0.15, -0.1) is 0 Å². The smallest absolute Gasteiger partial charge is 0.276 e. The lowest BCUT2D eigenvalue weighted by molar-refractivity contribution is 0.0942. The number of hydrogen-bond acceptors (Lipinski definition) is 4. The maximum absolute atomic E-state index is 13.7. The van der Waals surface area contributed by atoms with Crippen molar-refractivity contribution >= 4 is 5.91 Å². The second-order valence-corrected chi connectivity index (χ2v) is 5.79.